The van der Waals surface area contributed by atoms with Gasteiger partial charge in [0.25, 0.3) is 0 Å². The quantitative estimate of drug-likeness (QED) is 0.166. The minimum Gasteiger partial charge on any atom is -0.0619 e. The van der Waals surface area contributed by atoms with Crippen molar-refractivity contribution in [1.29, 1.82) is 0 Å². The number of hydrogen-bond acceptors (Lipinski definition) is 0. The second kappa shape index (κ2) is 7.96. The first-order chi connectivity index (χ1) is 20.0. The minimum atomic E-state index is -0.461. The number of halogens is 1. The highest BCUT2D eigenvalue weighted by Gasteiger charge is 2.51. The Morgan fingerprint density at radius 3 is 1.41 bits per heavy atom. The summed E-state index contributed by atoms with van der Waals surface area (Å²) in [4.78, 5) is 0. The van der Waals surface area contributed by atoms with Crippen molar-refractivity contribution in [2.75, 3.05) is 0 Å². The van der Waals surface area contributed by atoms with Crippen LogP contribution in [0.2, 0.25) is 0 Å². The molecule has 9 rings (SSSR count). The van der Waals surface area contributed by atoms with Crippen LogP contribution in [0.4, 0.5) is 0 Å². The van der Waals surface area contributed by atoms with Gasteiger partial charge in [0.15, 0.2) is 0 Å². The van der Waals surface area contributed by atoms with Crippen LogP contribution in [-0.2, 0) is 10.8 Å². The van der Waals surface area contributed by atoms with Crippen LogP contribution < -0.4 is 0 Å². The van der Waals surface area contributed by atoms with E-state index in [1.165, 1.54) is 77.9 Å². The first kappa shape index (κ1) is 23.5. The molecule has 6 aromatic rings. The van der Waals surface area contributed by atoms with E-state index in [-0.39, 0.29) is 5.41 Å². The minimum absolute atomic E-state index is 0.0514. The molecule has 41 heavy (non-hydrogen) atoms. The van der Waals surface area contributed by atoms with E-state index in [0.717, 1.165) is 4.47 Å². The zero-order valence-corrected chi connectivity index (χ0v) is 24.6. The molecule has 0 fully saturated rings. The molecule has 1 atom stereocenters. The zero-order valence-electron chi connectivity index (χ0n) is 23.0. The third-order valence-electron chi connectivity index (χ3n) is 9.97. The molecule has 0 heterocycles. The third-order valence-corrected chi connectivity index (χ3v) is 10.5. The molecule has 1 spiro atoms. The molecule has 0 aliphatic heterocycles. The fourth-order valence-corrected chi connectivity index (χ4v) is 8.62. The van der Waals surface area contributed by atoms with Crippen LogP contribution in [0.5, 0.6) is 0 Å². The molecule has 0 radical (unpaired) electrons. The van der Waals surface area contributed by atoms with Crippen molar-refractivity contribution in [2.45, 2.75) is 24.7 Å². The molecule has 0 saturated heterocycles. The van der Waals surface area contributed by atoms with Gasteiger partial charge in [-0.3, -0.25) is 0 Å². The number of fused-ring (bicyclic) bond motifs is 15. The van der Waals surface area contributed by atoms with Crippen molar-refractivity contribution < 1.29 is 0 Å². The van der Waals surface area contributed by atoms with Gasteiger partial charge in [0.1, 0.15) is 0 Å². The fourth-order valence-electron chi connectivity index (χ4n) is 8.26. The first-order valence-corrected chi connectivity index (χ1v) is 15.2. The second-order valence-corrected chi connectivity index (χ2v) is 13.1. The summed E-state index contributed by atoms with van der Waals surface area (Å²) in [6.45, 7) is 4.76. The molecule has 0 bridgehead atoms. The summed E-state index contributed by atoms with van der Waals surface area (Å²) in [5.74, 6) is 0. The summed E-state index contributed by atoms with van der Waals surface area (Å²) in [5.41, 5.74) is 18.4. The Balaban J connectivity index is 1.52. The summed E-state index contributed by atoms with van der Waals surface area (Å²) in [6, 6.07) is 48.1. The second-order valence-electron chi connectivity index (χ2n) is 12.2. The van der Waals surface area contributed by atoms with Gasteiger partial charge in [-0.1, -0.05) is 133 Å². The average Bonchev–Trinajstić information content (AvgIpc) is 3.38. The van der Waals surface area contributed by atoms with Crippen LogP contribution in [0.3, 0.4) is 0 Å². The van der Waals surface area contributed by atoms with Gasteiger partial charge >= 0.3 is 0 Å². The van der Waals surface area contributed by atoms with Crippen LogP contribution >= 0.6 is 15.9 Å². The van der Waals surface area contributed by atoms with Gasteiger partial charge in [0.2, 0.25) is 0 Å². The largest absolute Gasteiger partial charge is 0.0726 e. The zero-order chi connectivity index (χ0) is 27.5. The van der Waals surface area contributed by atoms with Gasteiger partial charge in [-0.2, -0.15) is 0 Å². The average molecular weight is 588 g/mol. The molecule has 0 nitrogen and oxygen atoms in total. The van der Waals surface area contributed by atoms with Gasteiger partial charge in [-0.25, -0.2) is 0 Å². The van der Waals surface area contributed by atoms with Crippen molar-refractivity contribution >= 4 is 15.9 Å². The maximum absolute atomic E-state index is 3.89. The van der Waals surface area contributed by atoms with Crippen LogP contribution in [0.25, 0.3) is 44.5 Å². The van der Waals surface area contributed by atoms with Gasteiger partial charge in [-0.15, -0.1) is 0 Å². The van der Waals surface area contributed by atoms with Gasteiger partial charge in [0.05, 0.1) is 5.41 Å². The first-order valence-electron chi connectivity index (χ1n) is 14.4. The van der Waals surface area contributed by atoms with Crippen molar-refractivity contribution in [3.8, 4) is 44.5 Å². The third kappa shape index (κ3) is 2.80. The van der Waals surface area contributed by atoms with E-state index in [4.69, 9.17) is 0 Å². The highest BCUT2D eigenvalue weighted by atomic mass is 79.9. The molecular weight excluding hydrogens is 560 g/mol. The van der Waals surface area contributed by atoms with E-state index in [0.29, 0.717) is 0 Å². The Bertz CT molecular complexity index is 2100. The molecule has 1 heteroatoms. The summed E-state index contributed by atoms with van der Waals surface area (Å²) >= 11 is 3.89. The highest BCUT2D eigenvalue weighted by molar-refractivity contribution is 9.10. The van der Waals surface area contributed by atoms with Crippen LogP contribution in [-0.4, -0.2) is 0 Å². The maximum atomic E-state index is 3.89. The Labute approximate surface area is 249 Å². The molecular formula is C40H27Br. The van der Waals surface area contributed by atoms with Crippen molar-refractivity contribution in [1.82, 2.24) is 0 Å². The van der Waals surface area contributed by atoms with E-state index in [9.17, 15) is 0 Å². The lowest BCUT2D eigenvalue weighted by atomic mass is 9.65. The maximum Gasteiger partial charge on any atom is 0.0726 e. The smallest absolute Gasteiger partial charge is 0.0619 e. The molecule has 3 aliphatic rings. The molecule has 0 N–H and O–H groups in total. The lowest BCUT2D eigenvalue weighted by molar-refractivity contribution is 0.660. The van der Waals surface area contributed by atoms with E-state index < -0.39 is 5.41 Å². The van der Waals surface area contributed by atoms with Crippen LogP contribution in [0.15, 0.2) is 132 Å². The lowest BCUT2D eigenvalue weighted by Gasteiger charge is -2.35. The summed E-state index contributed by atoms with van der Waals surface area (Å²) in [5, 5.41) is 0. The van der Waals surface area contributed by atoms with Crippen molar-refractivity contribution in [3.63, 3.8) is 0 Å². The summed E-state index contributed by atoms with van der Waals surface area (Å²) in [7, 11) is 0. The van der Waals surface area contributed by atoms with Gasteiger partial charge < -0.3 is 0 Å². The highest BCUT2D eigenvalue weighted by Crippen LogP contribution is 2.63. The molecule has 0 aromatic heterocycles. The number of rotatable bonds is 0. The number of hydrogen-bond donors (Lipinski definition) is 0. The standard InChI is InChI=1S/C40H27Br/c1-39(2)33-16-8-5-14-28(33)31-23-38-32(22-36(31)39)29-15-7-10-18-35(29)40(38)34-17-9-6-13-27(34)25-11-3-4-12-26(25)30-20-19-24(41)21-37(30)40/h3-23H,1-2H3. The molecule has 3 aliphatic carbocycles. The fraction of sp³-hybridized carbons (Fsp3) is 0.100. The molecule has 6 aromatic carbocycles. The molecule has 1 unspecified atom stereocenters. The van der Waals surface area contributed by atoms with E-state index in [1.54, 1.807) is 0 Å². The van der Waals surface area contributed by atoms with Gasteiger partial charge in [-0.05, 0) is 102 Å². The van der Waals surface area contributed by atoms with Crippen LogP contribution in [0.1, 0.15) is 47.2 Å². The van der Waals surface area contributed by atoms with E-state index >= 15 is 0 Å². The lowest BCUT2D eigenvalue weighted by Crippen LogP contribution is -2.29. The van der Waals surface area contributed by atoms with Gasteiger partial charge in [0, 0.05) is 9.89 Å². The Kier molecular flexibility index (Phi) is 4.56. The Hall–Kier alpha value is -4.20. The number of benzene rings is 6. The molecule has 0 amide bonds. The Morgan fingerprint density at radius 2 is 0.780 bits per heavy atom. The van der Waals surface area contributed by atoms with E-state index in [2.05, 4.69) is 157 Å². The predicted octanol–water partition coefficient (Wildman–Crippen LogP) is 10.8. The predicted molar refractivity (Wildman–Crippen MR) is 173 cm³/mol. The normalized spacial score (nSPS) is 17.9. The molecule has 194 valence electrons. The monoisotopic (exact) mass is 586 g/mol. The SMILES string of the molecule is CC1(C)c2ccccc2-c2cc3c(cc21)-c1ccccc1C31c2ccccc2-c2ccccc2-c2ccc(Br)cc21. The van der Waals surface area contributed by atoms with Crippen LogP contribution in [0, 0.1) is 0 Å². The van der Waals surface area contributed by atoms with E-state index in [1.807, 2.05) is 0 Å². The molecule has 0 saturated carbocycles. The van der Waals surface area contributed by atoms with Crippen molar-refractivity contribution in [2.24, 2.45) is 0 Å². The Morgan fingerprint density at radius 1 is 0.366 bits per heavy atom. The van der Waals surface area contributed by atoms with Crippen molar-refractivity contribution in [3.05, 3.63) is 165 Å². The summed E-state index contributed by atoms with van der Waals surface area (Å²) in [6.07, 6.45) is 0. The topological polar surface area (TPSA) is 0 Å². The summed E-state index contributed by atoms with van der Waals surface area (Å²) < 4.78 is 1.10.